The highest BCUT2D eigenvalue weighted by Crippen LogP contribution is 2.47. The fraction of sp³-hybridized carbons (Fsp3) is 0.792. The molecule has 5 heterocycles. The molecule has 5 aliphatic heterocycles. The number of hydrogen-bond donors (Lipinski definition) is 0. The van der Waals surface area contributed by atoms with Crippen LogP contribution in [0, 0.1) is 23.7 Å². The molecule has 0 spiro atoms. The minimum absolute atomic E-state index is 0.00888. The van der Waals surface area contributed by atoms with Crippen molar-refractivity contribution in [2.24, 2.45) is 23.7 Å². The Bertz CT molecular complexity index is 1940. The third-order valence-electron chi connectivity index (χ3n) is 14.6. The Morgan fingerprint density at radius 3 is 2.21 bits per heavy atom. The van der Waals surface area contributed by atoms with Gasteiger partial charge in [-0.25, -0.2) is 9.59 Å². The largest absolute Gasteiger partial charge is 0.509 e. The quantitative estimate of drug-likeness (QED) is 0.175. The van der Waals surface area contributed by atoms with Crippen LogP contribution in [0.15, 0.2) is 30.3 Å². The molecule has 0 aromatic heterocycles. The van der Waals surface area contributed by atoms with Gasteiger partial charge in [0.05, 0.1) is 42.5 Å². The second kappa shape index (κ2) is 21.9. The maximum Gasteiger partial charge on any atom is 0.509 e. The van der Waals surface area contributed by atoms with Gasteiger partial charge in [-0.05, 0) is 86.4 Å². The molecule has 0 radical (unpaired) electrons. The number of cyclic esters (lactones) is 1. The van der Waals surface area contributed by atoms with Gasteiger partial charge in [0.25, 0.3) is 0 Å². The SMILES string of the molecule is CC[C@@H]1OC(=O)[C@H](C)[C@H](O[C@H]2C[C@](C)(OC)[C@H](OC(=O)OCc3ccccc3)[C@@H](C)O2)[C@H](C)[C@@H](O[C@@H]2O[C@H](C)C[C@H](N(C)C)[C@H]2OC(C)=O)[C@]2(C)C[C@@H](C)[C@H](OS(=O)O2)[C@H](C)[C@H]2OC(=O)O[C@]12C. The molecule has 0 amide bonds. The Balaban J connectivity index is 1.42. The Kier molecular flexibility index (Phi) is 17.3. The fourth-order valence-electron chi connectivity index (χ4n) is 11.1. The molecule has 1 aromatic rings. The van der Waals surface area contributed by atoms with Crippen molar-refractivity contribution in [3.8, 4) is 0 Å². The lowest BCUT2D eigenvalue weighted by Crippen LogP contribution is -2.62. The van der Waals surface area contributed by atoms with Crippen molar-refractivity contribution in [1.82, 2.24) is 4.90 Å². The summed E-state index contributed by atoms with van der Waals surface area (Å²) >= 11 is -2.41. The molecular weight excluding hydrogens is 911 g/mol. The third kappa shape index (κ3) is 11.7. The molecule has 5 saturated heterocycles. The molecule has 19 nitrogen and oxygen atoms in total. The standard InChI is InChI=1S/C48H73NO18S/c1-15-34-48(11)40(63-45(53)65-48)27(4)36-25(2)22-47(10,67-68(54)66-36)39(62-43-38(59-31(8)50)33(49(12)13)21-26(3)57-43)28(5)37(29(6)42(51)60-34)61-35-23-46(9,55-14)41(30(7)58-35)64-44(52)56-24-32-19-17-16-18-20-32/h16-20,25-30,33-41,43H,15,21-24H2,1-14H3/t25-,26-,27+,28+,29-,30-,33+,34+,35+,36+,37-,38-,39-,40-,41-,43+,46+,47+,48-,68?/m1/s1. The van der Waals surface area contributed by atoms with Crippen LogP contribution >= 0.6 is 0 Å². The van der Waals surface area contributed by atoms with Crippen LogP contribution in [0.5, 0.6) is 0 Å². The maximum atomic E-state index is 14.8. The van der Waals surface area contributed by atoms with Gasteiger partial charge >= 0.3 is 35.6 Å². The Hall–Kier alpha value is -3.47. The summed E-state index contributed by atoms with van der Waals surface area (Å²) in [5, 5.41) is 0. The van der Waals surface area contributed by atoms with E-state index in [0.29, 0.717) is 6.42 Å². The van der Waals surface area contributed by atoms with Gasteiger partial charge in [0, 0.05) is 32.3 Å². The summed E-state index contributed by atoms with van der Waals surface area (Å²) in [6, 6.07) is 8.85. The molecule has 2 bridgehead atoms. The average molecular weight is 984 g/mol. The van der Waals surface area contributed by atoms with E-state index in [1.807, 2.05) is 70.1 Å². The monoisotopic (exact) mass is 983 g/mol. The second-order valence-corrected chi connectivity index (χ2v) is 20.9. The number of carbonyl (C=O) groups excluding carboxylic acids is 4. The van der Waals surface area contributed by atoms with Crippen molar-refractivity contribution in [2.45, 2.75) is 199 Å². The minimum Gasteiger partial charge on any atom is -0.458 e. The van der Waals surface area contributed by atoms with Gasteiger partial charge < -0.3 is 57.0 Å². The molecule has 68 heavy (non-hydrogen) atoms. The molecular formula is C48H73NO18S. The highest BCUT2D eigenvalue weighted by molar-refractivity contribution is 7.75. The second-order valence-electron chi connectivity index (χ2n) is 20.1. The topological polar surface area (TPSA) is 209 Å². The summed E-state index contributed by atoms with van der Waals surface area (Å²) in [4.78, 5) is 55.6. The van der Waals surface area contributed by atoms with Crippen LogP contribution < -0.4 is 0 Å². The van der Waals surface area contributed by atoms with E-state index >= 15 is 0 Å². The van der Waals surface area contributed by atoms with E-state index < -0.39 is 137 Å². The number of ether oxygens (including phenoxy) is 11. The van der Waals surface area contributed by atoms with Gasteiger partial charge in [0.15, 0.2) is 36.5 Å². The lowest BCUT2D eigenvalue weighted by molar-refractivity contribution is -0.317. The number of likely N-dealkylation sites (N-methyl/N-ethyl adjacent to an activating group) is 1. The lowest BCUT2D eigenvalue weighted by atomic mass is 9.73. The first kappa shape index (κ1) is 53.9. The van der Waals surface area contributed by atoms with Crippen LogP contribution in [0.25, 0.3) is 0 Å². The average Bonchev–Trinajstić information content (AvgIpc) is 3.53. The highest BCUT2D eigenvalue weighted by atomic mass is 32.2. The van der Waals surface area contributed by atoms with Crippen molar-refractivity contribution in [3.63, 3.8) is 0 Å². The Labute approximate surface area is 402 Å². The minimum atomic E-state index is -2.41. The summed E-state index contributed by atoms with van der Waals surface area (Å²) in [6.07, 6.45) is -11.4. The predicted octanol–water partition coefficient (Wildman–Crippen LogP) is 6.33. The number of fused-ring (bicyclic) bond motifs is 4. The van der Waals surface area contributed by atoms with Crippen LogP contribution in [0.3, 0.4) is 0 Å². The summed E-state index contributed by atoms with van der Waals surface area (Å²) in [7, 11) is 5.24. The maximum absolute atomic E-state index is 14.8. The van der Waals surface area contributed by atoms with E-state index in [-0.39, 0.29) is 38.0 Å². The number of methoxy groups -OCH3 is 1. The van der Waals surface area contributed by atoms with Crippen LogP contribution in [0.4, 0.5) is 9.59 Å². The van der Waals surface area contributed by atoms with Gasteiger partial charge in [-0.1, -0.05) is 58.0 Å². The zero-order valence-electron chi connectivity index (χ0n) is 41.9. The fourth-order valence-corrected chi connectivity index (χ4v) is 12.1. The Morgan fingerprint density at radius 2 is 1.57 bits per heavy atom. The molecule has 384 valence electrons. The van der Waals surface area contributed by atoms with E-state index in [0.717, 1.165) is 5.56 Å². The molecule has 0 saturated carbocycles. The van der Waals surface area contributed by atoms with Crippen LogP contribution in [0.2, 0.25) is 0 Å². The summed E-state index contributed by atoms with van der Waals surface area (Å²) in [6.45, 7) is 19.1. The predicted molar refractivity (Wildman–Crippen MR) is 241 cm³/mol. The van der Waals surface area contributed by atoms with E-state index in [4.69, 9.17) is 60.5 Å². The first-order valence-electron chi connectivity index (χ1n) is 23.7. The van der Waals surface area contributed by atoms with E-state index in [1.54, 1.807) is 48.5 Å². The van der Waals surface area contributed by atoms with Gasteiger partial charge in [-0.15, -0.1) is 0 Å². The highest BCUT2D eigenvalue weighted by Gasteiger charge is 2.61. The van der Waals surface area contributed by atoms with Crippen molar-refractivity contribution >= 4 is 35.6 Å². The first-order chi connectivity index (χ1) is 31.9. The van der Waals surface area contributed by atoms with E-state index in [1.165, 1.54) is 14.0 Å². The number of rotatable bonds is 11. The number of hydrogen-bond acceptors (Lipinski definition) is 19. The normalized spacial score (nSPS) is 43.5. The van der Waals surface area contributed by atoms with Crippen LogP contribution in [-0.2, 0) is 88.0 Å². The van der Waals surface area contributed by atoms with Crippen LogP contribution in [0.1, 0.15) is 107 Å². The molecule has 1 unspecified atom stereocenters. The zero-order chi connectivity index (χ0) is 50.0. The smallest absolute Gasteiger partial charge is 0.458 e. The molecule has 20 atom stereocenters. The van der Waals surface area contributed by atoms with E-state index in [9.17, 15) is 23.4 Å². The van der Waals surface area contributed by atoms with Gasteiger partial charge in [-0.2, -0.15) is 4.21 Å². The zero-order valence-corrected chi connectivity index (χ0v) is 42.7. The number of nitrogens with zero attached hydrogens (tertiary/aromatic N) is 1. The number of esters is 2. The summed E-state index contributed by atoms with van der Waals surface area (Å²) < 4.78 is 95.4. The van der Waals surface area contributed by atoms with Crippen molar-refractivity contribution in [3.05, 3.63) is 35.9 Å². The van der Waals surface area contributed by atoms with Crippen molar-refractivity contribution in [2.75, 3.05) is 21.2 Å². The van der Waals surface area contributed by atoms with Crippen molar-refractivity contribution < 1.29 is 83.9 Å². The van der Waals surface area contributed by atoms with Gasteiger partial charge in [0.2, 0.25) is 0 Å². The molecule has 6 rings (SSSR count). The van der Waals surface area contributed by atoms with E-state index in [2.05, 4.69) is 0 Å². The lowest BCUT2D eigenvalue weighted by Gasteiger charge is -2.49. The molecule has 1 aromatic carbocycles. The van der Waals surface area contributed by atoms with Gasteiger partial charge in [0.1, 0.15) is 23.9 Å². The molecule has 5 aliphatic rings. The molecule has 0 N–H and O–H groups in total. The summed E-state index contributed by atoms with van der Waals surface area (Å²) in [5.41, 5.74) is -3.40. The Morgan fingerprint density at radius 1 is 0.882 bits per heavy atom. The van der Waals surface area contributed by atoms with Crippen molar-refractivity contribution in [1.29, 1.82) is 0 Å². The third-order valence-corrected chi connectivity index (χ3v) is 15.4. The number of carbonyl (C=O) groups is 4. The number of benzene rings is 1. The molecule has 0 aliphatic carbocycles. The molecule has 20 heteroatoms. The summed E-state index contributed by atoms with van der Waals surface area (Å²) in [5.74, 6) is -4.30. The first-order valence-corrected chi connectivity index (χ1v) is 24.7. The molecule has 5 fully saturated rings. The van der Waals surface area contributed by atoms with Crippen LogP contribution in [-0.4, -0.2) is 145 Å². The van der Waals surface area contributed by atoms with Gasteiger partial charge in [-0.3, -0.25) is 18.0 Å².